The van der Waals surface area contributed by atoms with E-state index in [1.54, 1.807) is 4.57 Å². The quantitative estimate of drug-likeness (QED) is 0.160. The number of para-hydroxylation sites is 3. The Kier molecular flexibility index (Phi) is 11.2. The molecule has 3 aliphatic rings. The van der Waals surface area contributed by atoms with Gasteiger partial charge >= 0.3 is 382 Å². The van der Waals surface area contributed by atoms with Crippen LogP contribution >= 0.6 is 0 Å². The van der Waals surface area contributed by atoms with Crippen LogP contribution in [0.25, 0.3) is 152 Å². The van der Waals surface area contributed by atoms with Crippen LogP contribution in [-0.4, -0.2) is 30.4 Å². The van der Waals surface area contributed by atoms with Crippen molar-refractivity contribution in [2.24, 2.45) is 0 Å². The van der Waals surface area contributed by atoms with E-state index in [9.17, 15) is 23.3 Å². The summed E-state index contributed by atoms with van der Waals surface area (Å²) >= 11 is -0.0255. The number of rotatable bonds is 5. The molecule has 0 fully saturated rings. The number of benzene rings is 16. The van der Waals surface area contributed by atoms with Crippen molar-refractivity contribution in [3.8, 4) is 89.3 Å². The van der Waals surface area contributed by atoms with Crippen LogP contribution < -0.4 is 26.2 Å². The third-order valence-corrected chi connectivity index (χ3v) is 25.8. The summed E-state index contributed by atoms with van der Waals surface area (Å²) in [4.78, 5) is 4.69. The van der Waals surface area contributed by atoms with Crippen LogP contribution in [0.4, 0.5) is 34.1 Å². The Hall–Kier alpha value is -12.7. The molecule has 6 heterocycles. The van der Waals surface area contributed by atoms with Crippen LogP contribution in [0.3, 0.4) is 0 Å². The predicted molar refractivity (Wildman–Crippen MR) is 489 cm³/mol. The van der Waals surface area contributed by atoms with Gasteiger partial charge < -0.3 is 9.13 Å². The number of aromatic nitrogens is 2. The van der Waals surface area contributed by atoms with Crippen molar-refractivity contribution in [2.45, 2.75) is 78.6 Å². The molecule has 13 bridgehead atoms. The zero-order valence-electron chi connectivity index (χ0n) is 84.1. The zero-order chi connectivity index (χ0) is 94.2. The van der Waals surface area contributed by atoms with Crippen molar-refractivity contribution in [1.82, 2.24) is 9.13 Å². The molecule has 6 heteroatoms. The summed E-state index contributed by atoms with van der Waals surface area (Å²) < 4.78 is 197. The SMILES string of the molecule is [2H]c1c([2H])c([2H])c(-c2c([2H])c([2H])c3c(c2[2H])c2c([2H])c([2H])c([2H])c([2H])c2n3-c2ccc3c(c2)N2c4cc(C(C)(C)C)cc5c4B3c3ccc(-n4c6c([2H])c([2H])c([2H])c([2H])c6c6c([2H])c([2H])c([2H])c([2H])c64)cc3N5c3c(-c4ccccc4)cc(C(C)(C)C)cc3-c3cccc(c3)-c3ccc4[se]c5ccc(cc5c4c3)-c3cccc(c3)-c3cc(C(C)(C)C)cc(-c4ccccc4)c32)c([2H])c1[2H]. The smallest absolute Gasteiger partial charge is 0.0617 e. The van der Waals surface area contributed by atoms with Crippen molar-refractivity contribution in [2.75, 3.05) is 9.80 Å². The van der Waals surface area contributed by atoms with Gasteiger partial charge in [0.15, 0.2) is 0 Å². The Morgan fingerprint density at radius 2 is 0.667 bits per heavy atom. The third kappa shape index (κ3) is 10.7. The fourth-order valence-electron chi connectivity index (χ4n) is 17.7. The molecule has 0 aliphatic carbocycles. The largest absolute Gasteiger partial charge is 0.0629 e. The molecule has 0 saturated heterocycles. The minimum Gasteiger partial charge on any atom is -0.0617 e. The molecule has 4 nitrogen and oxygen atoms in total. The second-order valence-corrected chi connectivity index (χ2v) is 35.6. The molecule has 0 amide bonds. The third-order valence-electron chi connectivity index (χ3n) is 23.4. The number of fused-ring (bicyclic) bond motifs is 26. The molecular weight excluding hydrogens is 1440 g/mol. The maximum absolute atomic E-state index is 10.5. The van der Waals surface area contributed by atoms with Gasteiger partial charge in [-0.05, 0) is 64.5 Å². The summed E-state index contributed by atoms with van der Waals surface area (Å²) in [6.45, 7) is 18.9. The van der Waals surface area contributed by atoms with Crippen LogP contribution in [-0.2, 0) is 16.2 Å². The van der Waals surface area contributed by atoms with E-state index in [4.69, 9.17) is 4.11 Å². The van der Waals surface area contributed by atoms with Gasteiger partial charge in [-0.1, -0.05) is 160 Å². The second-order valence-electron chi connectivity index (χ2n) is 33.3. The van der Waals surface area contributed by atoms with E-state index in [2.05, 4.69) is 218 Å². The minimum absolute atomic E-state index is 0.0255. The van der Waals surface area contributed by atoms with Crippen molar-refractivity contribution in [3.05, 3.63) is 356 Å². The van der Waals surface area contributed by atoms with Crippen LogP contribution in [0.5, 0.6) is 0 Å². The maximum atomic E-state index is 10.5. The summed E-state index contributed by atoms with van der Waals surface area (Å²) in [6, 6.07) is 64.7. The zero-order valence-corrected chi connectivity index (χ0v) is 65.8. The van der Waals surface area contributed by atoms with Crippen molar-refractivity contribution in [3.63, 3.8) is 0 Å². The van der Waals surface area contributed by atoms with E-state index in [1.165, 1.54) is 13.1 Å². The summed E-state index contributed by atoms with van der Waals surface area (Å²) in [5.41, 5.74) is 16.9. The molecule has 3 aromatic heterocycles. The first kappa shape index (κ1) is 50.3. The van der Waals surface area contributed by atoms with E-state index in [1.807, 2.05) is 72.8 Å². The molecule has 0 N–H and O–H groups in total. The molecule has 544 valence electrons. The second kappa shape index (κ2) is 25.4. The number of nitrogens with zero attached hydrogens (tertiary/aromatic N) is 4. The molecule has 0 spiro atoms. The number of hydrogen-bond acceptors (Lipinski definition) is 2. The molecular formula is C108H83BN4Se. The van der Waals surface area contributed by atoms with Crippen molar-refractivity contribution < 1.29 is 27.4 Å². The van der Waals surface area contributed by atoms with Gasteiger partial charge in [0.2, 0.25) is 0 Å². The Morgan fingerprint density at radius 1 is 0.281 bits per heavy atom. The molecule has 22 rings (SSSR count). The Labute approximate surface area is 701 Å². The average Bonchev–Trinajstić information content (AvgIpc) is 1.05. The van der Waals surface area contributed by atoms with Crippen LogP contribution in [0.1, 0.15) is 106 Å². The first-order chi connectivity index (χ1) is 63.7. The summed E-state index contributed by atoms with van der Waals surface area (Å²) in [6.07, 6.45) is 0. The molecule has 16 aromatic carbocycles. The Morgan fingerprint density at radius 3 is 1.12 bits per heavy atom. The van der Waals surface area contributed by atoms with E-state index in [0.29, 0.717) is 33.7 Å². The monoisotopic (exact) mass is 1550 g/mol. The maximum Gasteiger partial charge on any atom is 0.0629 e. The van der Waals surface area contributed by atoms with Gasteiger partial charge in [0, 0.05) is 32.9 Å². The van der Waals surface area contributed by atoms with Crippen LogP contribution in [0.15, 0.2) is 339 Å². The van der Waals surface area contributed by atoms with Gasteiger partial charge in [0.05, 0.1) is 49.5 Å². The first-order valence-electron chi connectivity index (χ1n) is 48.6. The van der Waals surface area contributed by atoms with E-state index < -0.39 is 155 Å². The van der Waals surface area contributed by atoms with Crippen molar-refractivity contribution >= 4 is 135 Å². The number of hydrogen-bond donors (Lipinski definition) is 0. The van der Waals surface area contributed by atoms with E-state index in [0.717, 1.165) is 111 Å². The van der Waals surface area contributed by atoms with Crippen LogP contribution in [0, 0.1) is 0 Å². The molecule has 19 aromatic rings. The molecule has 0 unspecified atom stereocenters. The van der Waals surface area contributed by atoms with Gasteiger partial charge in [-0.15, -0.1) is 0 Å². The van der Waals surface area contributed by atoms with E-state index >= 15 is 0 Å². The fourth-order valence-corrected chi connectivity index (χ4v) is 20.0. The average molecular weight is 1550 g/mol. The summed E-state index contributed by atoms with van der Waals surface area (Å²) in [7, 11) is 0. The standard InChI is InChI=1S/C108H83BN4Se/c1-106(2,3)76-58-84(67-29-15-11-16-30-67)104-86(60-76)74-35-25-33-69(53-74)72-44-51-101-89(56-72)90-57-73(45-52-102(90)114-101)70-34-26-36-75(54-70)87-61-77(107(4,5)6)59-85(68-31-17-12-18-32-68)105(87)113-98-65-80(111-95-42-24-21-39-83(95)88-55-71(43-50-96(88)111)66-27-13-10-14-28-66)47-49-92(98)109-91-48-46-79(110-93-40-22-19-37-81(93)82-38-20-23-41-94(82)110)64-97(91)112(104)99-62-78(108(7,8)9)63-100(113)103(99)109/h10-65H,1-9H3/i10D,13D,14D,19D,20D,21D,22D,23D,24D,27D,28D,37D,38D,39D,40D,41D,42D,43D,50D,55D. The van der Waals surface area contributed by atoms with Gasteiger partial charge in [-0.2, -0.15) is 0 Å². The van der Waals surface area contributed by atoms with Gasteiger partial charge in [-0.3, -0.25) is 0 Å². The van der Waals surface area contributed by atoms with Gasteiger partial charge in [-0.25, -0.2) is 0 Å². The Bertz CT molecular complexity index is 8210. The predicted octanol–water partition coefficient (Wildman–Crippen LogP) is 27.2. The molecule has 0 saturated carbocycles. The molecule has 3 aliphatic heterocycles. The fraction of sp³-hybridized carbons (Fsp3) is 0.111. The van der Waals surface area contributed by atoms with Gasteiger partial charge in [0.1, 0.15) is 0 Å². The van der Waals surface area contributed by atoms with Gasteiger partial charge in [0.25, 0.3) is 6.71 Å². The molecule has 0 radical (unpaired) electrons. The Balaban J connectivity index is 0.972. The molecule has 0 atom stereocenters. The van der Waals surface area contributed by atoms with E-state index in [-0.39, 0.29) is 69.5 Å². The normalized spacial score (nSPS) is 15.5. The number of anilines is 6. The van der Waals surface area contributed by atoms with Crippen molar-refractivity contribution in [1.29, 1.82) is 0 Å². The minimum atomic E-state index is -0.860. The first-order valence-corrected chi connectivity index (χ1v) is 40.3. The molecule has 114 heavy (non-hydrogen) atoms. The topological polar surface area (TPSA) is 16.3 Å². The van der Waals surface area contributed by atoms with Crippen LogP contribution in [0.2, 0.25) is 0 Å². The summed E-state index contributed by atoms with van der Waals surface area (Å²) in [5.74, 6) is 0. The summed E-state index contributed by atoms with van der Waals surface area (Å²) in [5, 5.41) is 1.66.